The van der Waals surface area contributed by atoms with E-state index in [9.17, 15) is 9.90 Å². The second-order valence-corrected chi connectivity index (χ2v) is 9.86. The predicted octanol–water partition coefficient (Wildman–Crippen LogP) is 5.53. The van der Waals surface area contributed by atoms with Crippen LogP contribution in [0, 0.1) is 0 Å². The third kappa shape index (κ3) is 16.0. The van der Waals surface area contributed by atoms with Crippen LogP contribution in [0.1, 0.15) is 82.8 Å². The van der Waals surface area contributed by atoms with E-state index in [1.807, 2.05) is 30.3 Å². The van der Waals surface area contributed by atoms with Crippen molar-refractivity contribution in [3.05, 3.63) is 66.2 Å². The first-order valence-corrected chi connectivity index (χ1v) is 13.3. The number of unbranched alkanes of at least 4 members (excludes halogenated alkanes) is 9. The Labute approximate surface area is 213 Å². The molecule has 2 rings (SSSR count). The number of carboxylic acids is 1. The molecule has 0 aliphatic rings. The van der Waals surface area contributed by atoms with Gasteiger partial charge in [0.25, 0.3) is 0 Å². The van der Waals surface area contributed by atoms with E-state index < -0.39 is 12.1 Å². The average molecular weight is 486 g/mol. The van der Waals surface area contributed by atoms with Crippen molar-refractivity contribution < 1.29 is 24.2 Å². The molecule has 0 saturated heterocycles. The fraction of sp³-hybridized carbons (Fsp3) is 0.567. The summed E-state index contributed by atoms with van der Waals surface area (Å²) in [5.74, 6) is -0.493. The monoisotopic (exact) mass is 485 g/mol. The fourth-order valence-electron chi connectivity index (χ4n) is 3.84. The number of carbonyl (C=O) groups excluding carboxylic acids is 1. The number of benzene rings is 2. The standard InChI is InChI=1S/C22H40NO.C8H8O3/c1-4-5-6-7-8-9-10-11-12-16-19-23(2,3)20-21-24-22-17-14-13-15-18-22;9-7(8(10)11)6-4-2-1-3-5-6/h13-15,17-18H,4-12,16,19-21H2,1-3H3;1-5,7,9H,(H,10,11)/q+1;/p-1/t;7-/m.0/s1. The fourth-order valence-corrected chi connectivity index (χ4v) is 3.84. The van der Waals surface area contributed by atoms with Crippen LogP contribution in [0.25, 0.3) is 0 Å². The molecule has 5 heteroatoms. The zero-order valence-electron chi connectivity index (χ0n) is 22.2. The number of hydrogen-bond donors (Lipinski definition) is 1. The number of ether oxygens (including phenoxy) is 1. The van der Waals surface area contributed by atoms with Gasteiger partial charge in [0.05, 0.1) is 26.6 Å². The number of quaternary nitrogens is 1. The lowest BCUT2D eigenvalue weighted by Gasteiger charge is -2.29. The maximum Gasteiger partial charge on any atom is 0.137 e. The summed E-state index contributed by atoms with van der Waals surface area (Å²) in [4.78, 5) is 10.1. The highest BCUT2D eigenvalue weighted by molar-refractivity contribution is 5.71. The normalized spacial score (nSPS) is 11.9. The average Bonchev–Trinajstić information content (AvgIpc) is 2.86. The Morgan fingerprint density at radius 1 is 0.800 bits per heavy atom. The highest BCUT2D eigenvalue weighted by Crippen LogP contribution is 2.13. The Hall–Kier alpha value is -2.37. The molecule has 5 nitrogen and oxygen atoms in total. The molecule has 0 fully saturated rings. The Balaban J connectivity index is 0.000000462. The summed E-state index contributed by atoms with van der Waals surface area (Å²) in [6.45, 7) is 5.42. The molecule has 0 aliphatic heterocycles. The van der Waals surface area contributed by atoms with Crippen LogP contribution in [0.15, 0.2) is 60.7 Å². The van der Waals surface area contributed by atoms with Gasteiger partial charge in [-0.05, 0) is 30.5 Å². The van der Waals surface area contributed by atoms with Crippen molar-refractivity contribution in [3.8, 4) is 5.75 Å². The maximum atomic E-state index is 10.1. The minimum Gasteiger partial charge on any atom is -0.547 e. The topological polar surface area (TPSA) is 69.6 Å². The van der Waals surface area contributed by atoms with Gasteiger partial charge in [0.2, 0.25) is 0 Å². The minimum absolute atomic E-state index is 0.340. The second kappa shape index (κ2) is 18.9. The van der Waals surface area contributed by atoms with Crippen molar-refractivity contribution >= 4 is 5.97 Å². The molecule has 196 valence electrons. The molecule has 0 amide bonds. The van der Waals surface area contributed by atoms with Gasteiger partial charge < -0.3 is 24.2 Å². The molecule has 1 atom stereocenters. The molecule has 0 radical (unpaired) electrons. The van der Waals surface area contributed by atoms with Crippen LogP contribution in [0.4, 0.5) is 0 Å². The number of hydrogen-bond acceptors (Lipinski definition) is 4. The molecular weight excluding hydrogens is 438 g/mol. The van der Waals surface area contributed by atoms with Gasteiger partial charge in [-0.25, -0.2) is 0 Å². The summed E-state index contributed by atoms with van der Waals surface area (Å²) >= 11 is 0. The van der Waals surface area contributed by atoms with Crippen molar-refractivity contribution in [2.24, 2.45) is 0 Å². The largest absolute Gasteiger partial charge is 0.547 e. The van der Waals surface area contributed by atoms with Gasteiger partial charge >= 0.3 is 0 Å². The SMILES string of the molecule is CCCCCCCCCCCC[N+](C)(C)CCOc1ccccc1.O=C([O-])[C@@H](O)c1ccccc1. The third-order valence-corrected chi connectivity index (χ3v) is 6.16. The summed E-state index contributed by atoms with van der Waals surface area (Å²) < 4.78 is 6.89. The van der Waals surface area contributed by atoms with Crippen LogP contribution < -0.4 is 9.84 Å². The molecule has 35 heavy (non-hydrogen) atoms. The van der Waals surface area contributed by atoms with E-state index in [4.69, 9.17) is 9.84 Å². The van der Waals surface area contributed by atoms with Crippen LogP contribution in [0.5, 0.6) is 5.75 Å². The lowest BCUT2D eigenvalue weighted by Crippen LogP contribution is -2.43. The second-order valence-electron chi connectivity index (χ2n) is 9.86. The van der Waals surface area contributed by atoms with Gasteiger partial charge in [0.1, 0.15) is 25.0 Å². The van der Waals surface area contributed by atoms with Crippen molar-refractivity contribution in [2.45, 2.75) is 77.2 Å². The molecule has 0 unspecified atom stereocenters. The first-order valence-electron chi connectivity index (χ1n) is 13.3. The first-order chi connectivity index (χ1) is 16.9. The zero-order valence-corrected chi connectivity index (χ0v) is 22.2. The van der Waals surface area contributed by atoms with Gasteiger partial charge in [-0.15, -0.1) is 0 Å². The number of nitrogens with zero attached hydrogens (tertiary/aromatic N) is 1. The Kier molecular flexibility index (Phi) is 16.6. The summed E-state index contributed by atoms with van der Waals surface area (Å²) in [6.07, 6.45) is 12.6. The number of aliphatic hydroxyl groups excluding tert-OH is 1. The van der Waals surface area contributed by atoms with E-state index in [1.54, 1.807) is 18.2 Å². The van der Waals surface area contributed by atoms with Gasteiger partial charge in [-0.1, -0.05) is 107 Å². The third-order valence-electron chi connectivity index (χ3n) is 6.16. The number of aliphatic carboxylic acids is 1. The molecule has 0 aromatic heterocycles. The van der Waals surface area contributed by atoms with E-state index in [-0.39, 0.29) is 0 Å². The molecule has 2 aromatic rings. The summed E-state index contributed by atoms with van der Waals surface area (Å²) in [5, 5.41) is 19.1. The zero-order chi connectivity index (χ0) is 25.8. The Bertz CT molecular complexity index is 764. The number of carbonyl (C=O) groups is 1. The Morgan fingerprint density at radius 3 is 1.80 bits per heavy atom. The summed E-state index contributed by atoms with van der Waals surface area (Å²) in [6, 6.07) is 18.2. The van der Waals surface area contributed by atoms with E-state index in [0.717, 1.165) is 23.4 Å². The maximum absolute atomic E-state index is 10.1. The van der Waals surface area contributed by atoms with Crippen LogP contribution >= 0.6 is 0 Å². The molecule has 0 spiro atoms. The van der Waals surface area contributed by atoms with Crippen molar-refractivity contribution in [3.63, 3.8) is 0 Å². The van der Waals surface area contributed by atoms with Crippen molar-refractivity contribution in [2.75, 3.05) is 33.8 Å². The van der Waals surface area contributed by atoms with Crippen LogP contribution in [0.3, 0.4) is 0 Å². The highest BCUT2D eigenvalue weighted by atomic mass is 16.5. The minimum atomic E-state index is -1.52. The lowest BCUT2D eigenvalue weighted by atomic mass is 10.1. The quantitative estimate of drug-likeness (QED) is 0.236. The van der Waals surface area contributed by atoms with E-state index in [0.29, 0.717) is 5.56 Å². The molecule has 0 bridgehead atoms. The van der Waals surface area contributed by atoms with Gasteiger partial charge in [-0.2, -0.15) is 0 Å². The van der Waals surface area contributed by atoms with Crippen LogP contribution in [-0.4, -0.2) is 49.4 Å². The number of carboxylic acid groups (broad SMARTS) is 1. The summed E-state index contributed by atoms with van der Waals surface area (Å²) in [7, 11) is 4.64. The smallest absolute Gasteiger partial charge is 0.137 e. The molecule has 2 aromatic carbocycles. The lowest BCUT2D eigenvalue weighted by molar-refractivity contribution is -0.890. The summed E-state index contributed by atoms with van der Waals surface area (Å²) in [5.41, 5.74) is 0.340. The van der Waals surface area contributed by atoms with Crippen LogP contribution in [0.2, 0.25) is 0 Å². The van der Waals surface area contributed by atoms with Crippen molar-refractivity contribution in [1.82, 2.24) is 0 Å². The van der Waals surface area contributed by atoms with Gasteiger partial charge in [0.15, 0.2) is 0 Å². The molecular formula is C30H47NO4. The first kappa shape index (κ1) is 30.7. The number of rotatable bonds is 17. The highest BCUT2D eigenvalue weighted by Gasteiger charge is 2.14. The Morgan fingerprint density at radius 2 is 1.29 bits per heavy atom. The molecule has 0 aliphatic carbocycles. The number of para-hydroxylation sites is 1. The van der Waals surface area contributed by atoms with Gasteiger partial charge in [0, 0.05) is 0 Å². The molecule has 0 heterocycles. The van der Waals surface area contributed by atoms with Gasteiger partial charge in [-0.3, -0.25) is 0 Å². The van der Waals surface area contributed by atoms with E-state index in [1.165, 1.54) is 82.9 Å². The van der Waals surface area contributed by atoms with E-state index in [2.05, 4.69) is 21.0 Å². The predicted molar refractivity (Wildman–Crippen MR) is 142 cm³/mol. The van der Waals surface area contributed by atoms with Crippen LogP contribution in [-0.2, 0) is 4.79 Å². The number of likely N-dealkylation sites (N-methyl/N-ethyl adjacent to an activating group) is 1. The molecule has 0 saturated carbocycles. The van der Waals surface area contributed by atoms with E-state index >= 15 is 0 Å². The number of aliphatic hydroxyl groups is 1. The van der Waals surface area contributed by atoms with Crippen molar-refractivity contribution in [1.29, 1.82) is 0 Å². The molecule has 1 N–H and O–H groups in total.